The summed E-state index contributed by atoms with van der Waals surface area (Å²) in [5.74, 6) is -0.785. The van der Waals surface area contributed by atoms with Crippen LogP contribution in [0.3, 0.4) is 0 Å². The number of hydrogen-bond donors (Lipinski definition) is 2. The number of carbonyl (C=O) groups excluding carboxylic acids is 1. The molecule has 1 amide bonds. The van der Waals surface area contributed by atoms with Crippen molar-refractivity contribution in [2.24, 2.45) is 0 Å². The van der Waals surface area contributed by atoms with Crippen LogP contribution < -0.4 is 5.32 Å². The highest BCUT2D eigenvalue weighted by Gasteiger charge is 2.20. The van der Waals surface area contributed by atoms with Gasteiger partial charge in [0.2, 0.25) is 5.91 Å². The Bertz CT molecular complexity index is 249. The van der Waals surface area contributed by atoms with E-state index in [1.807, 2.05) is 0 Å². The average Bonchev–Trinajstić information content (AvgIpc) is 2.34. The number of carboxylic acids is 1. The smallest absolute Gasteiger partial charge is 0.303 e. The molecular formula is C12H21NO4. The third-order valence-electron chi connectivity index (χ3n) is 2.84. The highest BCUT2D eigenvalue weighted by molar-refractivity contribution is 5.80. The molecule has 0 spiro atoms. The van der Waals surface area contributed by atoms with Crippen molar-refractivity contribution in [3.05, 3.63) is 0 Å². The predicted octanol–water partition coefficient (Wildman–Crippen LogP) is 1.32. The summed E-state index contributed by atoms with van der Waals surface area (Å²) in [5, 5.41) is 11.3. The fourth-order valence-corrected chi connectivity index (χ4v) is 1.85. The summed E-state index contributed by atoms with van der Waals surface area (Å²) in [6.07, 6.45) is 5.16. The van der Waals surface area contributed by atoms with E-state index in [9.17, 15) is 9.59 Å². The monoisotopic (exact) mass is 243 g/mol. The molecule has 1 fully saturated rings. The Morgan fingerprint density at radius 2 is 2.06 bits per heavy atom. The summed E-state index contributed by atoms with van der Waals surface area (Å²) in [7, 11) is 0. The van der Waals surface area contributed by atoms with E-state index in [0.29, 0.717) is 19.6 Å². The van der Waals surface area contributed by atoms with E-state index in [0.717, 1.165) is 32.1 Å². The molecule has 0 saturated carbocycles. The molecule has 0 aromatic carbocycles. The standard InChI is InChI=1S/C12H21NO4/c14-11(15)7-2-1-4-8-13-12(16)10-6-3-5-9-17-10/h10H,1-9H2,(H,13,16)(H,14,15). The molecule has 1 rings (SSSR count). The normalized spacial score (nSPS) is 19.9. The van der Waals surface area contributed by atoms with Crippen LogP contribution in [-0.4, -0.2) is 36.2 Å². The topological polar surface area (TPSA) is 75.6 Å². The fraction of sp³-hybridized carbons (Fsp3) is 0.833. The van der Waals surface area contributed by atoms with Gasteiger partial charge in [0.15, 0.2) is 0 Å². The van der Waals surface area contributed by atoms with Crippen LogP contribution in [0.1, 0.15) is 44.9 Å². The largest absolute Gasteiger partial charge is 0.481 e. The van der Waals surface area contributed by atoms with Crippen LogP contribution in [0.2, 0.25) is 0 Å². The molecule has 1 aliphatic heterocycles. The van der Waals surface area contributed by atoms with Crippen LogP contribution in [-0.2, 0) is 14.3 Å². The average molecular weight is 243 g/mol. The molecule has 2 N–H and O–H groups in total. The summed E-state index contributed by atoms with van der Waals surface area (Å²) in [5.41, 5.74) is 0. The Hall–Kier alpha value is -1.10. The van der Waals surface area contributed by atoms with E-state index in [2.05, 4.69) is 5.32 Å². The third-order valence-corrected chi connectivity index (χ3v) is 2.84. The second kappa shape index (κ2) is 8.06. The van der Waals surface area contributed by atoms with Gasteiger partial charge in [0.05, 0.1) is 0 Å². The molecule has 1 atom stereocenters. The first kappa shape index (κ1) is 14.0. The Labute approximate surface area is 102 Å². The molecule has 0 aromatic heterocycles. The SMILES string of the molecule is O=C(O)CCCCCNC(=O)C1CCCCO1. The number of carbonyl (C=O) groups is 2. The number of carboxylic acid groups (broad SMARTS) is 1. The molecule has 0 bridgehead atoms. The number of aliphatic carboxylic acids is 1. The number of hydrogen-bond acceptors (Lipinski definition) is 3. The third kappa shape index (κ3) is 6.26. The van der Waals surface area contributed by atoms with Gasteiger partial charge in [-0.3, -0.25) is 9.59 Å². The molecule has 0 aromatic rings. The van der Waals surface area contributed by atoms with Crippen molar-refractivity contribution in [3.63, 3.8) is 0 Å². The predicted molar refractivity (Wildman–Crippen MR) is 62.7 cm³/mol. The van der Waals surface area contributed by atoms with E-state index in [1.165, 1.54) is 0 Å². The number of ether oxygens (including phenoxy) is 1. The van der Waals surface area contributed by atoms with Crippen molar-refractivity contribution in [2.75, 3.05) is 13.2 Å². The van der Waals surface area contributed by atoms with Crippen molar-refractivity contribution in [3.8, 4) is 0 Å². The maximum Gasteiger partial charge on any atom is 0.303 e. The quantitative estimate of drug-likeness (QED) is 0.661. The zero-order valence-electron chi connectivity index (χ0n) is 10.1. The lowest BCUT2D eigenvalue weighted by atomic mass is 10.1. The van der Waals surface area contributed by atoms with Gasteiger partial charge in [-0.1, -0.05) is 6.42 Å². The van der Waals surface area contributed by atoms with Crippen LogP contribution in [0, 0.1) is 0 Å². The van der Waals surface area contributed by atoms with Gasteiger partial charge in [0.1, 0.15) is 6.10 Å². The van der Waals surface area contributed by atoms with Gasteiger partial charge in [-0.15, -0.1) is 0 Å². The first-order valence-corrected chi connectivity index (χ1v) is 6.31. The van der Waals surface area contributed by atoms with Crippen LogP contribution in [0.4, 0.5) is 0 Å². The molecule has 0 radical (unpaired) electrons. The summed E-state index contributed by atoms with van der Waals surface area (Å²) in [4.78, 5) is 21.9. The molecule has 5 heteroatoms. The highest BCUT2D eigenvalue weighted by Crippen LogP contribution is 2.12. The van der Waals surface area contributed by atoms with Crippen LogP contribution in [0.15, 0.2) is 0 Å². The maximum absolute atomic E-state index is 11.6. The zero-order valence-corrected chi connectivity index (χ0v) is 10.1. The maximum atomic E-state index is 11.6. The minimum atomic E-state index is -0.760. The van der Waals surface area contributed by atoms with Gasteiger partial charge in [-0.05, 0) is 32.1 Å². The van der Waals surface area contributed by atoms with Crippen LogP contribution in [0.25, 0.3) is 0 Å². The first-order chi connectivity index (χ1) is 8.20. The van der Waals surface area contributed by atoms with E-state index in [1.54, 1.807) is 0 Å². The van der Waals surface area contributed by atoms with E-state index < -0.39 is 5.97 Å². The molecule has 0 aliphatic carbocycles. The van der Waals surface area contributed by atoms with E-state index >= 15 is 0 Å². The Morgan fingerprint density at radius 3 is 2.71 bits per heavy atom. The molecule has 1 heterocycles. The van der Waals surface area contributed by atoms with Gasteiger partial charge >= 0.3 is 5.97 Å². The molecule has 17 heavy (non-hydrogen) atoms. The zero-order chi connectivity index (χ0) is 12.5. The van der Waals surface area contributed by atoms with Gasteiger partial charge in [-0.2, -0.15) is 0 Å². The van der Waals surface area contributed by atoms with Crippen LogP contribution in [0.5, 0.6) is 0 Å². The highest BCUT2D eigenvalue weighted by atomic mass is 16.5. The first-order valence-electron chi connectivity index (χ1n) is 6.31. The minimum Gasteiger partial charge on any atom is -0.481 e. The van der Waals surface area contributed by atoms with Crippen molar-refractivity contribution in [1.29, 1.82) is 0 Å². The molecule has 1 unspecified atom stereocenters. The second-order valence-electron chi connectivity index (χ2n) is 4.35. The summed E-state index contributed by atoms with van der Waals surface area (Å²) in [6, 6.07) is 0. The molecule has 98 valence electrons. The molecular weight excluding hydrogens is 222 g/mol. The number of amides is 1. The minimum absolute atomic E-state index is 0.0251. The van der Waals surface area contributed by atoms with Gasteiger partial charge in [-0.25, -0.2) is 0 Å². The van der Waals surface area contributed by atoms with Gasteiger partial charge in [0, 0.05) is 19.6 Å². The van der Waals surface area contributed by atoms with E-state index in [-0.39, 0.29) is 18.4 Å². The molecule has 5 nitrogen and oxygen atoms in total. The Balaban J connectivity index is 1.98. The number of rotatable bonds is 7. The molecule has 1 saturated heterocycles. The summed E-state index contributed by atoms with van der Waals surface area (Å²) < 4.78 is 5.36. The summed E-state index contributed by atoms with van der Waals surface area (Å²) >= 11 is 0. The van der Waals surface area contributed by atoms with Crippen molar-refractivity contribution in [1.82, 2.24) is 5.32 Å². The lowest BCUT2D eigenvalue weighted by molar-refractivity contribution is -0.137. The van der Waals surface area contributed by atoms with Gasteiger partial charge in [0.25, 0.3) is 0 Å². The summed E-state index contributed by atoms with van der Waals surface area (Å²) in [6.45, 7) is 1.29. The van der Waals surface area contributed by atoms with Gasteiger partial charge < -0.3 is 15.2 Å². The number of unbranched alkanes of at least 4 members (excludes halogenated alkanes) is 2. The lowest BCUT2D eigenvalue weighted by Crippen LogP contribution is -2.38. The lowest BCUT2D eigenvalue weighted by Gasteiger charge is -2.21. The Kier molecular flexibility index (Phi) is 6.62. The van der Waals surface area contributed by atoms with Crippen LogP contribution >= 0.6 is 0 Å². The molecule has 1 aliphatic rings. The van der Waals surface area contributed by atoms with Crippen molar-refractivity contribution < 1.29 is 19.4 Å². The van der Waals surface area contributed by atoms with Crippen molar-refractivity contribution >= 4 is 11.9 Å². The van der Waals surface area contributed by atoms with E-state index in [4.69, 9.17) is 9.84 Å². The fourth-order valence-electron chi connectivity index (χ4n) is 1.85. The number of nitrogens with one attached hydrogen (secondary N) is 1. The Morgan fingerprint density at radius 1 is 1.24 bits per heavy atom. The second-order valence-corrected chi connectivity index (χ2v) is 4.35. The van der Waals surface area contributed by atoms with Crippen molar-refractivity contribution in [2.45, 2.75) is 51.0 Å².